The maximum Gasteiger partial charge on any atom is 0.411 e. The van der Waals surface area contributed by atoms with Gasteiger partial charge in [-0.15, -0.1) is 0 Å². The summed E-state index contributed by atoms with van der Waals surface area (Å²) < 4.78 is 5.62. The minimum absolute atomic E-state index is 0.133. The van der Waals surface area contributed by atoms with Crippen LogP contribution in [0.3, 0.4) is 0 Å². The van der Waals surface area contributed by atoms with Gasteiger partial charge in [-0.3, -0.25) is 9.88 Å². The monoisotopic (exact) mass is 314 g/mol. The van der Waals surface area contributed by atoms with Gasteiger partial charge in [0.15, 0.2) is 0 Å². The third-order valence-corrected chi connectivity index (χ3v) is 4.55. The van der Waals surface area contributed by atoms with Crippen LogP contribution in [0.25, 0.3) is 5.57 Å². The molecule has 124 valence electrons. The number of carbonyl (C=O) groups excluding carboxylic acids is 1. The lowest BCUT2D eigenvalue weighted by atomic mass is 9.83. The predicted octanol–water partition coefficient (Wildman–Crippen LogP) is 4.34. The van der Waals surface area contributed by atoms with Crippen molar-refractivity contribution >= 4 is 11.7 Å². The van der Waals surface area contributed by atoms with Gasteiger partial charge in [0.1, 0.15) is 5.60 Å². The number of hydrogen-bond acceptors (Lipinski definition) is 3. The van der Waals surface area contributed by atoms with Gasteiger partial charge < -0.3 is 4.74 Å². The summed E-state index contributed by atoms with van der Waals surface area (Å²) in [5.41, 5.74) is 3.10. The van der Waals surface area contributed by atoms with E-state index < -0.39 is 5.60 Å². The number of carbonyl (C=O) groups is 1. The molecule has 0 saturated carbocycles. The van der Waals surface area contributed by atoms with E-state index in [9.17, 15) is 4.79 Å². The number of aryl methyl sites for hydroxylation is 1. The maximum absolute atomic E-state index is 12.6. The summed E-state index contributed by atoms with van der Waals surface area (Å²) in [6.07, 6.45) is 7.98. The first kappa shape index (κ1) is 16.0. The largest absolute Gasteiger partial charge is 0.444 e. The van der Waals surface area contributed by atoms with E-state index in [4.69, 9.17) is 4.74 Å². The minimum Gasteiger partial charge on any atom is -0.444 e. The van der Waals surface area contributed by atoms with Gasteiger partial charge in [0.05, 0.1) is 11.7 Å². The molecule has 0 N–H and O–H groups in total. The molecule has 2 aliphatic heterocycles. The first-order valence-electron chi connectivity index (χ1n) is 8.49. The molecular weight excluding hydrogens is 288 g/mol. The Morgan fingerprint density at radius 1 is 1.35 bits per heavy atom. The lowest BCUT2D eigenvalue weighted by Gasteiger charge is -2.45. The summed E-state index contributed by atoms with van der Waals surface area (Å²) in [4.78, 5) is 19.1. The van der Waals surface area contributed by atoms with E-state index in [1.54, 1.807) is 0 Å². The Labute approximate surface area is 138 Å². The topological polar surface area (TPSA) is 42.4 Å². The number of fused-ring (bicyclic) bond motifs is 2. The van der Waals surface area contributed by atoms with Crippen LogP contribution in [0.4, 0.5) is 4.79 Å². The quantitative estimate of drug-likeness (QED) is 0.774. The molecule has 2 aliphatic rings. The summed E-state index contributed by atoms with van der Waals surface area (Å²) in [7, 11) is 0. The normalized spacial score (nSPS) is 24.2. The molecule has 0 aromatic carbocycles. The highest BCUT2D eigenvalue weighted by Gasteiger charge is 2.39. The lowest BCUT2D eigenvalue weighted by Crippen LogP contribution is -2.53. The molecule has 0 spiro atoms. The van der Waals surface area contributed by atoms with E-state index in [1.807, 2.05) is 37.9 Å². The standard InChI is InChI=1S/C19H26N2O2/c1-13-7-6-10-20-17(13)14-11-15-8-5-9-16(12-14)21(15)18(22)23-19(2,3)4/h6-7,10-11,15-16H,5,8-9,12H2,1-4H3. The zero-order valence-corrected chi connectivity index (χ0v) is 14.5. The third-order valence-electron chi connectivity index (χ3n) is 4.55. The fourth-order valence-corrected chi connectivity index (χ4v) is 3.63. The van der Waals surface area contributed by atoms with Crippen LogP contribution >= 0.6 is 0 Å². The molecule has 1 saturated heterocycles. The van der Waals surface area contributed by atoms with Gasteiger partial charge in [0, 0.05) is 12.2 Å². The van der Waals surface area contributed by atoms with Crippen molar-refractivity contribution in [3.8, 4) is 0 Å². The zero-order valence-electron chi connectivity index (χ0n) is 14.5. The second-order valence-corrected chi connectivity index (χ2v) is 7.60. The molecule has 2 unspecified atom stereocenters. The van der Waals surface area contributed by atoms with E-state index in [0.29, 0.717) is 0 Å². The van der Waals surface area contributed by atoms with Crippen LogP contribution in [-0.2, 0) is 4.74 Å². The summed E-state index contributed by atoms with van der Waals surface area (Å²) in [6.45, 7) is 7.86. The SMILES string of the molecule is Cc1cccnc1C1=CC2CCCC(C1)N2C(=O)OC(C)(C)C. The van der Waals surface area contributed by atoms with E-state index in [1.165, 1.54) is 17.6 Å². The van der Waals surface area contributed by atoms with E-state index >= 15 is 0 Å². The Bertz CT molecular complexity index is 631. The number of nitrogens with zero attached hydrogens (tertiary/aromatic N) is 2. The highest BCUT2D eigenvalue weighted by atomic mass is 16.6. The Hall–Kier alpha value is -1.84. The molecule has 1 aromatic heterocycles. The Morgan fingerprint density at radius 2 is 2.13 bits per heavy atom. The summed E-state index contributed by atoms with van der Waals surface area (Å²) in [5.74, 6) is 0. The number of hydrogen-bond donors (Lipinski definition) is 0. The number of piperidine rings is 1. The number of aromatic nitrogens is 1. The molecule has 1 amide bonds. The van der Waals surface area contributed by atoms with Gasteiger partial charge in [-0.05, 0) is 70.6 Å². The van der Waals surface area contributed by atoms with Crippen molar-refractivity contribution in [3.63, 3.8) is 0 Å². The van der Waals surface area contributed by atoms with Crippen LogP contribution < -0.4 is 0 Å². The fourth-order valence-electron chi connectivity index (χ4n) is 3.63. The third kappa shape index (κ3) is 3.41. The first-order chi connectivity index (χ1) is 10.8. The van der Waals surface area contributed by atoms with Crippen molar-refractivity contribution in [3.05, 3.63) is 35.7 Å². The molecule has 1 fully saturated rings. The molecule has 4 nitrogen and oxygen atoms in total. The first-order valence-corrected chi connectivity index (χ1v) is 8.49. The van der Waals surface area contributed by atoms with Gasteiger partial charge in [0.2, 0.25) is 0 Å². The second-order valence-electron chi connectivity index (χ2n) is 7.60. The number of pyridine rings is 1. The molecular formula is C19H26N2O2. The average Bonchev–Trinajstić information content (AvgIpc) is 2.44. The smallest absolute Gasteiger partial charge is 0.411 e. The molecule has 2 bridgehead atoms. The molecule has 2 atom stereocenters. The van der Waals surface area contributed by atoms with Crippen molar-refractivity contribution in [2.75, 3.05) is 0 Å². The van der Waals surface area contributed by atoms with Crippen LogP contribution in [0.5, 0.6) is 0 Å². The summed E-state index contributed by atoms with van der Waals surface area (Å²) >= 11 is 0. The van der Waals surface area contributed by atoms with Crippen molar-refractivity contribution in [1.29, 1.82) is 0 Å². The molecule has 4 heteroatoms. The highest BCUT2D eigenvalue weighted by molar-refractivity contribution is 5.74. The van der Waals surface area contributed by atoms with Crippen molar-refractivity contribution < 1.29 is 9.53 Å². The van der Waals surface area contributed by atoms with Gasteiger partial charge in [-0.25, -0.2) is 4.79 Å². The molecule has 1 aromatic rings. The predicted molar refractivity (Wildman–Crippen MR) is 91.1 cm³/mol. The number of ether oxygens (including phenoxy) is 1. The van der Waals surface area contributed by atoms with Gasteiger partial charge in [0.25, 0.3) is 0 Å². The Balaban J connectivity index is 1.88. The molecule has 23 heavy (non-hydrogen) atoms. The van der Waals surface area contributed by atoms with Gasteiger partial charge in [-0.1, -0.05) is 12.1 Å². The van der Waals surface area contributed by atoms with Crippen molar-refractivity contribution in [1.82, 2.24) is 9.88 Å². The number of amides is 1. The average molecular weight is 314 g/mol. The van der Waals surface area contributed by atoms with Crippen molar-refractivity contribution in [2.45, 2.75) is 71.1 Å². The zero-order chi connectivity index (χ0) is 16.6. The van der Waals surface area contributed by atoms with E-state index in [2.05, 4.69) is 24.1 Å². The van der Waals surface area contributed by atoms with Crippen LogP contribution in [0.2, 0.25) is 0 Å². The lowest BCUT2D eigenvalue weighted by molar-refractivity contribution is 0.0000670. The molecule has 0 radical (unpaired) electrons. The minimum atomic E-state index is -0.451. The van der Waals surface area contributed by atoms with Gasteiger partial charge >= 0.3 is 6.09 Å². The van der Waals surface area contributed by atoms with Crippen LogP contribution in [0, 0.1) is 6.92 Å². The van der Waals surface area contributed by atoms with Crippen LogP contribution in [-0.4, -0.2) is 33.7 Å². The second kappa shape index (κ2) is 5.99. The summed E-state index contributed by atoms with van der Waals surface area (Å²) in [5, 5.41) is 0. The number of rotatable bonds is 1. The van der Waals surface area contributed by atoms with Crippen LogP contribution in [0.1, 0.15) is 57.7 Å². The maximum atomic E-state index is 12.6. The van der Waals surface area contributed by atoms with E-state index in [-0.39, 0.29) is 18.2 Å². The summed E-state index contributed by atoms with van der Waals surface area (Å²) in [6, 6.07) is 4.42. The fraction of sp³-hybridized carbons (Fsp3) is 0.579. The highest BCUT2D eigenvalue weighted by Crippen LogP contribution is 2.38. The van der Waals surface area contributed by atoms with Gasteiger partial charge in [-0.2, -0.15) is 0 Å². The Kier molecular flexibility index (Phi) is 4.17. The molecule has 3 rings (SSSR count). The molecule has 3 heterocycles. The van der Waals surface area contributed by atoms with Crippen molar-refractivity contribution in [2.24, 2.45) is 0 Å². The Morgan fingerprint density at radius 3 is 2.78 bits per heavy atom. The molecule has 0 aliphatic carbocycles. The van der Waals surface area contributed by atoms with E-state index in [0.717, 1.165) is 25.0 Å². The van der Waals surface area contributed by atoms with Crippen LogP contribution in [0.15, 0.2) is 24.4 Å².